The normalized spacial score (nSPS) is 19.0. The van der Waals surface area contributed by atoms with Crippen molar-refractivity contribution in [3.63, 3.8) is 0 Å². The summed E-state index contributed by atoms with van der Waals surface area (Å²) in [4.78, 5) is 0. The van der Waals surface area contributed by atoms with Crippen molar-refractivity contribution in [1.29, 1.82) is 5.26 Å². The van der Waals surface area contributed by atoms with Crippen molar-refractivity contribution in [3.8, 4) is 17.6 Å². The quantitative estimate of drug-likeness (QED) is 0.750. The maximum Gasteiger partial charge on any atom is 0.221 e. The van der Waals surface area contributed by atoms with Gasteiger partial charge in [0.2, 0.25) is 11.8 Å². The van der Waals surface area contributed by atoms with E-state index in [9.17, 15) is 5.26 Å². The van der Waals surface area contributed by atoms with Crippen LogP contribution in [-0.4, -0.2) is 25.2 Å². The van der Waals surface area contributed by atoms with Gasteiger partial charge in [0, 0.05) is 5.92 Å². The van der Waals surface area contributed by atoms with Gasteiger partial charge in [0.25, 0.3) is 0 Å². The van der Waals surface area contributed by atoms with E-state index < -0.39 is 0 Å². The third kappa shape index (κ3) is 2.18. The molecule has 1 saturated carbocycles. The molecule has 0 saturated heterocycles. The van der Waals surface area contributed by atoms with Gasteiger partial charge in [-0.15, -0.1) is 5.10 Å². The number of nitrogens with one attached hydrogen (secondary N) is 1. The minimum Gasteiger partial charge on any atom is -0.422 e. The van der Waals surface area contributed by atoms with Crippen LogP contribution in [0.3, 0.4) is 0 Å². The molecule has 1 aliphatic heterocycles. The van der Waals surface area contributed by atoms with Crippen LogP contribution in [0.15, 0.2) is 48.1 Å². The molecule has 0 amide bonds. The smallest absolute Gasteiger partial charge is 0.221 e. The van der Waals surface area contributed by atoms with Gasteiger partial charge in [0.1, 0.15) is 11.6 Å². The molecule has 26 heavy (non-hydrogen) atoms. The number of nitriles is 1. The van der Waals surface area contributed by atoms with Crippen molar-refractivity contribution in [2.24, 2.45) is 5.73 Å². The second-order valence-corrected chi connectivity index (χ2v) is 6.49. The van der Waals surface area contributed by atoms with E-state index in [1.165, 1.54) is 0 Å². The summed E-state index contributed by atoms with van der Waals surface area (Å²) in [5, 5.41) is 24.9. The molecule has 1 unspecified atom stereocenters. The molecule has 8 nitrogen and oxygen atoms in total. The fraction of sp³-hybridized carbons (Fsp3) is 0.222. The molecular weight excluding hydrogens is 330 g/mol. The number of fused-ring (bicyclic) bond motifs is 1. The van der Waals surface area contributed by atoms with Crippen LogP contribution in [0.2, 0.25) is 0 Å². The lowest BCUT2D eigenvalue weighted by Gasteiger charge is -2.24. The molecule has 2 aromatic heterocycles. The third-order valence-electron chi connectivity index (χ3n) is 4.85. The van der Waals surface area contributed by atoms with Gasteiger partial charge in [-0.1, -0.05) is 17.3 Å². The predicted octanol–water partition coefficient (Wildman–Crippen LogP) is 2.09. The number of rotatable bonds is 3. The standard InChI is InChI=1S/C18H15N7O/c19-9-13-14(10-3-5-12(6-4-10)25-8-7-21-24-25)15-16(11-1-2-11)22-23-18(15)26-17(13)20/h3-8,11,14H,1-2,20H2,(H,22,23). The van der Waals surface area contributed by atoms with Crippen molar-refractivity contribution in [2.75, 3.05) is 0 Å². The van der Waals surface area contributed by atoms with Crippen molar-refractivity contribution in [1.82, 2.24) is 25.2 Å². The highest BCUT2D eigenvalue weighted by molar-refractivity contribution is 5.56. The summed E-state index contributed by atoms with van der Waals surface area (Å²) in [5.41, 5.74) is 10.2. The van der Waals surface area contributed by atoms with E-state index in [1.807, 2.05) is 24.3 Å². The Morgan fingerprint density at radius 1 is 1.27 bits per heavy atom. The lowest BCUT2D eigenvalue weighted by atomic mass is 9.83. The van der Waals surface area contributed by atoms with Crippen LogP contribution in [0.5, 0.6) is 5.88 Å². The van der Waals surface area contributed by atoms with Crippen molar-refractivity contribution >= 4 is 0 Å². The zero-order chi connectivity index (χ0) is 17.7. The third-order valence-corrected chi connectivity index (χ3v) is 4.85. The second-order valence-electron chi connectivity index (χ2n) is 6.49. The monoisotopic (exact) mass is 345 g/mol. The van der Waals surface area contributed by atoms with Crippen LogP contribution >= 0.6 is 0 Å². The summed E-state index contributed by atoms with van der Waals surface area (Å²) in [7, 11) is 0. The van der Waals surface area contributed by atoms with Gasteiger partial charge in [-0.2, -0.15) is 10.4 Å². The lowest BCUT2D eigenvalue weighted by Crippen LogP contribution is -2.21. The maximum absolute atomic E-state index is 9.69. The maximum atomic E-state index is 9.69. The molecule has 1 aromatic carbocycles. The SMILES string of the molecule is N#CC1=C(N)Oc2[nH]nc(C3CC3)c2C1c1ccc(-n2ccnn2)cc1. The summed E-state index contributed by atoms with van der Waals surface area (Å²) in [5.74, 6) is 0.794. The number of nitrogens with zero attached hydrogens (tertiary/aromatic N) is 5. The Bertz CT molecular complexity index is 1040. The predicted molar refractivity (Wildman–Crippen MR) is 91.2 cm³/mol. The average Bonchev–Trinajstić information content (AvgIpc) is 3.18. The number of ether oxygens (including phenoxy) is 1. The van der Waals surface area contributed by atoms with Gasteiger partial charge < -0.3 is 10.5 Å². The van der Waals surface area contributed by atoms with Crippen LogP contribution in [0.4, 0.5) is 0 Å². The molecule has 8 heteroatoms. The summed E-state index contributed by atoms with van der Waals surface area (Å²) in [6, 6.07) is 10.1. The Balaban J connectivity index is 1.63. The molecule has 3 N–H and O–H groups in total. The molecule has 1 aliphatic carbocycles. The largest absolute Gasteiger partial charge is 0.422 e. The summed E-state index contributed by atoms with van der Waals surface area (Å²) in [6.45, 7) is 0. The van der Waals surface area contributed by atoms with Crippen LogP contribution in [0.1, 0.15) is 41.5 Å². The number of allylic oxidation sites excluding steroid dienone is 1. The summed E-state index contributed by atoms with van der Waals surface area (Å²) < 4.78 is 7.31. The second kappa shape index (κ2) is 5.46. The van der Waals surface area contributed by atoms with Gasteiger partial charge in [-0.25, -0.2) is 9.78 Å². The van der Waals surface area contributed by atoms with E-state index in [0.29, 0.717) is 17.4 Å². The van der Waals surface area contributed by atoms with Crippen LogP contribution in [0, 0.1) is 11.3 Å². The number of aromatic amines is 1. The van der Waals surface area contributed by atoms with E-state index in [-0.39, 0.29) is 11.8 Å². The molecule has 0 bridgehead atoms. The van der Waals surface area contributed by atoms with Gasteiger partial charge in [0.05, 0.1) is 35.3 Å². The molecule has 3 aromatic rings. The number of hydrogen-bond acceptors (Lipinski definition) is 6. The first kappa shape index (κ1) is 14.7. The minimum absolute atomic E-state index is 0.122. The molecule has 5 rings (SSSR count). The highest BCUT2D eigenvalue weighted by Gasteiger charge is 2.39. The van der Waals surface area contributed by atoms with Gasteiger partial charge >= 0.3 is 0 Å². The molecule has 128 valence electrons. The molecule has 0 spiro atoms. The van der Waals surface area contributed by atoms with E-state index >= 15 is 0 Å². The Hall–Kier alpha value is -3.60. The number of hydrogen-bond donors (Lipinski definition) is 2. The Kier molecular flexibility index (Phi) is 3.09. The average molecular weight is 345 g/mol. The first-order valence-electron chi connectivity index (χ1n) is 8.38. The molecule has 1 fully saturated rings. The first-order valence-corrected chi connectivity index (χ1v) is 8.38. The van der Waals surface area contributed by atoms with Gasteiger partial charge in [-0.05, 0) is 30.5 Å². The minimum atomic E-state index is -0.289. The van der Waals surface area contributed by atoms with Gasteiger partial charge in [-0.3, -0.25) is 0 Å². The van der Waals surface area contributed by atoms with E-state index in [4.69, 9.17) is 10.5 Å². The van der Waals surface area contributed by atoms with Crippen molar-refractivity contribution in [2.45, 2.75) is 24.7 Å². The van der Waals surface area contributed by atoms with Crippen LogP contribution in [0.25, 0.3) is 5.69 Å². The molecule has 0 radical (unpaired) electrons. The lowest BCUT2D eigenvalue weighted by molar-refractivity contribution is 0.378. The Morgan fingerprint density at radius 3 is 2.73 bits per heavy atom. The Labute approximate surface area is 148 Å². The molecule has 2 aliphatic rings. The number of H-pyrrole nitrogens is 1. The van der Waals surface area contributed by atoms with Crippen molar-refractivity contribution < 1.29 is 4.74 Å². The highest BCUT2D eigenvalue weighted by atomic mass is 16.5. The highest BCUT2D eigenvalue weighted by Crippen LogP contribution is 2.49. The Morgan fingerprint density at radius 2 is 2.08 bits per heavy atom. The van der Waals surface area contributed by atoms with Crippen molar-refractivity contribution in [3.05, 3.63) is 64.9 Å². The number of benzene rings is 1. The van der Waals surface area contributed by atoms with Crippen LogP contribution < -0.4 is 10.5 Å². The van der Waals surface area contributed by atoms with E-state index in [1.54, 1.807) is 17.1 Å². The summed E-state index contributed by atoms with van der Waals surface area (Å²) in [6.07, 6.45) is 5.62. The zero-order valence-corrected chi connectivity index (χ0v) is 13.8. The fourth-order valence-electron chi connectivity index (χ4n) is 3.44. The molecule has 1 atom stereocenters. The molecule has 3 heterocycles. The number of aromatic nitrogens is 5. The zero-order valence-electron chi connectivity index (χ0n) is 13.8. The van der Waals surface area contributed by atoms with E-state index in [0.717, 1.165) is 35.3 Å². The van der Waals surface area contributed by atoms with Crippen LogP contribution in [-0.2, 0) is 0 Å². The van der Waals surface area contributed by atoms with E-state index in [2.05, 4.69) is 26.6 Å². The first-order chi connectivity index (χ1) is 12.8. The number of nitrogens with two attached hydrogens (primary N) is 1. The fourth-order valence-corrected chi connectivity index (χ4v) is 3.44. The topological polar surface area (TPSA) is 118 Å². The van der Waals surface area contributed by atoms with Gasteiger partial charge in [0.15, 0.2) is 0 Å². The summed E-state index contributed by atoms with van der Waals surface area (Å²) >= 11 is 0. The molecular formula is C18H15N7O.